The van der Waals surface area contributed by atoms with E-state index < -0.39 is 5.91 Å². The summed E-state index contributed by atoms with van der Waals surface area (Å²) in [5.74, 6) is 0.219. The molecule has 2 aromatic carbocycles. The Morgan fingerprint density at radius 3 is 2.46 bits per heavy atom. The Bertz CT molecular complexity index is 918. The van der Waals surface area contributed by atoms with Crippen LogP contribution in [0.5, 0.6) is 11.5 Å². The third-order valence-electron chi connectivity index (χ3n) is 3.56. The van der Waals surface area contributed by atoms with Crippen LogP contribution in [-0.2, 0) is 4.79 Å². The maximum Gasteiger partial charge on any atom is 0.266 e. The summed E-state index contributed by atoms with van der Waals surface area (Å²) in [6.07, 6.45) is 1.42. The van der Waals surface area contributed by atoms with Crippen LogP contribution < -0.4 is 14.8 Å². The standard InChI is InChI=1S/C19H16Cl2N2O3/c1-11-4-5-14(9-15(11)20)23-19(24)13(10-22)6-12-7-16(21)18(26-3)17(8-12)25-2/h4-9H,1-3H3,(H,23,24)/b13-6-. The number of rotatable bonds is 5. The molecule has 2 aromatic rings. The third-order valence-corrected chi connectivity index (χ3v) is 4.25. The molecule has 0 unspecified atom stereocenters. The van der Waals surface area contributed by atoms with Gasteiger partial charge in [0.15, 0.2) is 11.5 Å². The highest BCUT2D eigenvalue weighted by molar-refractivity contribution is 6.32. The number of amides is 1. The molecule has 7 heteroatoms. The van der Waals surface area contributed by atoms with Crippen molar-refractivity contribution in [3.63, 3.8) is 0 Å². The van der Waals surface area contributed by atoms with Crippen molar-refractivity contribution in [3.05, 3.63) is 57.1 Å². The van der Waals surface area contributed by atoms with E-state index in [0.29, 0.717) is 32.8 Å². The van der Waals surface area contributed by atoms with Gasteiger partial charge in [-0.25, -0.2) is 0 Å². The molecular formula is C19H16Cl2N2O3. The zero-order valence-corrected chi connectivity index (χ0v) is 15.9. The number of carbonyl (C=O) groups is 1. The number of methoxy groups -OCH3 is 2. The fraction of sp³-hybridized carbons (Fsp3) is 0.158. The Morgan fingerprint density at radius 1 is 1.15 bits per heavy atom. The second-order valence-corrected chi connectivity index (χ2v) is 6.14. The summed E-state index contributed by atoms with van der Waals surface area (Å²) in [7, 11) is 2.95. The first-order valence-electron chi connectivity index (χ1n) is 7.50. The molecule has 0 fully saturated rings. The molecule has 0 atom stereocenters. The fourth-order valence-corrected chi connectivity index (χ4v) is 2.68. The van der Waals surface area contributed by atoms with Gasteiger partial charge in [0.05, 0.1) is 19.2 Å². The summed E-state index contributed by atoms with van der Waals surface area (Å²) in [5.41, 5.74) is 1.82. The Hall–Kier alpha value is -2.68. The van der Waals surface area contributed by atoms with E-state index in [-0.39, 0.29) is 5.57 Å². The van der Waals surface area contributed by atoms with Gasteiger partial charge in [0, 0.05) is 10.7 Å². The van der Waals surface area contributed by atoms with Gasteiger partial charge in [-0.2, -0.15) is 5.26 Å². The van der Waals surface area contributed by atoms with Crippen LogP contribution in [0, 0.1) is 18.3 Å². The monoisotopic (exact) mass is 390 g/mol. The molecule has 2 rings (SSSR count). The highest BCUT2D eigenvalue weighted by Gasteiger charge is 2.14. The Balaban J connectivity index is 2.32. The van der Waals surface area contributed by atoms with Crippen LogP contribution in [0.25, 0.3) is 6.08 Å². The van der Waals surface area contributed by atoms with Gasteiger partial charge in [-0.15, -0.1) is 0 Å². The first-order valence-corrected chi connectivity index (χ1v) is 8.26. The smallest absolute Gasteiger partial charge is 0.266 e. The molecule has 0 aliphatic rings. The van der Waals surface area contributed by atoms with Crippen molar-refractivity contribution in [2.75, 3.05) is 19.5 Å². The van der Waals surface area contributed by atoms with Gasteiger partial charge >= 0.3 is 0 Å². The van der Waals surface area contributed by atoms with Gasteiger partial charge in [-0.05, 0) is 48.4 Å². The first kappa shape index (κ1) is 19.6. The zero-order chi connectivity index (χ0) is 19.3. The second-order valence-electron chi connectivity index (χ2n) is 5.33. The molecule has 0 aliphatic carbocycles. The Morgan fingerprint density at radius 2 is 1.88 bits per heavy atom. The van der Waals surface area contributed by atoms with E-state index in [1.54, 1.807) is 30.3 Å². The minimum Gasteiger partial charge on any atom is -0.493 e. The van der Waals surface area contributed by atoms with Crippen molar-refractivity contribution < 1.29 is 14.3 Å². The number of hydrogen-bond donors (Lipinski definition) is 1. The van der Waals surface area contributed by atoms with Crippen molar-refractivity contribution >= 4 is 40.9 Å². The summed E-state index contributed by atoms with van der Waals surface area (Å²) >= 11 is 12.2. The van der Waals surface area contributed by atoms with Crippen LogP contribution in [0.3, 0.4) is 0 Å². The van der Waals surface area contributed by atoms with Gasteiger partial charge < -0.3 is 14.8 Å². The first-order chi connectivity index (χ1) is 12.4. The number of halogens is 2. The zero-order valence-electron chi connectivity index (χ0n) is 14.4. The topological polar surface area (TPSA) is 71.3 Å². The molecule has 0 spiro atoms. The predicted molar refractivity (Wildman–Crippen MR) is 103 cm³/mol. The average Bonchev–Trinajstić information content (AvgIpc) is 2.62. The van der Waals surface area contributed by atoms with Crippen molar-refractivity contribution in [1.82, 2.24) is 0 Å². The molecule has 0 aliphatic heterocycles. The summed E-state index contributed by atoms with van der Waals surface area (Å²) in [4.78, 5) is 12.4. The van der Waals surface area contributed by atoms with E-state index in [9.17, 15) is 10.1 Å². The van der Waals surface area contributed by atoms with E-state index in [2.05, 4.69) is 5.32 Å². The summed E-state index contributed by atoms with van der Waals surface area (Å²) in [5, 5.41) is 12.8. The Labute approximate surface area is 161 Å². The van der Waals surface area contributed by atoms with Crippen LogP contribution in [0.1, 0.15) is 11.1 Å². The van der Waals surface area contributed by atoms with E-state index in [1.807, 2.05) is 13.0 Å². The third kappa shape index (κ3) is 4.48. The summed E-state index contributed by atoms with van der Waals surface area (Å²) in [6, 6.07) is 10.2. The van der Waals surface area contributed by atoms with Crippen LogP contribution in [0.2, 0.25) is 10.0 Å². The molecular weight excluding hydrogens is 375 g/mol. The largest absolute Gasteiger partial charge is 0.493 e. The van der Waals surface area contributed by atoms with Crippen LogP contribution in [-0.4, -0.2) is 20.1 Å². The number of anilines is 1. The van der Waals surface area contributed by atoms with Crippen molar-refractivity contribution in [1.29, 1.82) is 5.26 Å². The lowest BCUT2D eigenvalue weighted by atomic mass is 10.1. The number of nitrogens with zero attached hydrogens (tertiary/aromatic N) is 1. The SMILES string of the molecule is COc1cc(/C=C(/C#N)C(=O)Nc2ccc(C)c(Cl)c2)cc(Cl)c1OC. The van der Waals surface area contributed by atoms with E-state index >= 15 is 0 Å². The molecule has 1 amide bonds. The molecule has 0 heterocycles. The molecule has 0 saturated heterocycles. The summed E-state index contributed by atoms with van der Waals surface area (Å²) < 4.78 is 10.4. The quantitative estimate of drug-likeness (QED) is 0.584. The van der Waals surface area contributed by atoms with Crippen LogP contribution >= 0.6 is 23.2 Å². The fourth-order valence-electron chi connectivity index (χ4n) is 2.21. The lowest BCUT2D eigenvalue weighted by molar-refractivity contribution is -0.112. The number of ether oxygens (including phenoxy) is 2. The van der Waals surface area contributed by atoms with Gasteiger partial charge in [0.1, 0.15) is 11.6 Å². The van der Waals surface area contributed by atoms with Gasteiger partial charge in [-0.1, -0.05) is 29.3 Å². The van der Waals surface area contributed by atoms with E-state index in [4.69, 9.17) is 32.7 Å². The van der Waals surface area contributed by atoms with Crippen molar-refractivity contribution in [3.8, 4) is 17.6 Å². The number of aryl methyl sites for hydroxylation is 1. The Kier molecular flexibility index (Phi) is 6.51. The second kappa shape index (κ2) is 8.61. The molecule has 0 radical (unpaired) electrons. The molecule has 26 heavy (non-hydrogen) atoms. The molecule has 134 valence electrons. The molecule has 5 nitrogen and oxygen atoms in total. The number of carbonyl (C=O) groups excluding carboxylic acids is 1. The molecule has 1 N–H and O–H groups in total. The highest BCUT2D eigenvalue weighted by atomic mass is 35.5. The highest BCUT2D eigenvalue weighted by Crippen LogP contribution is 2.36. The van der Waals surface area contributed by atoms with Gasteiger partial charge in [-0.3, -0.25) is 4.79 Å². The predicted octanol–water partition coefficient (Wildman–Crippen LogP) is 4.86. The number of nitriles is 1. The lowest BCUT2D eigenvalue weighted by Gasteiger charge is -2.10. The average molecular weight is 391 g/mol. The normalized spacial score (nSPS) is 10.8. The van der Waals surface area contributed by atoms with Gasteiger partial charge in [0.2, 0.25) is 0 Å². The summed E-state index contributed by atoms with van der Waals surface area (Å²) in [6.45, 7) is 1.86. The number of benzene rings is 2. The minimum atomic E-state index is -0.557. The maximum atomic E-state index is 12.4. The lowest BCUT2D eigenvalue weighted by Crippen LogP contribution is -2.13. The number of nitrogens with one attached hydrogen (secondary N) is 1. The van der Waals surface area contributed by atoms with E-state index in [1.165, 1.54) is 20.3 Å². The number of hydrogen-bond acceptors (Lipinski definition) is 4. The van der Waals surface area contributed by atoms with Crippen LogP contribution in [0.15, 0.2) is 35.9 Å². The van der Waals surface area contributed by atoms with Gasteiger partial charge in [0.25, 0.3) is 5.91 Å². The van der Waals surface area contributed by atoms with E-state index in [0.717, 1.165) is 5.56 Å². The molecule has 0 saturated carbocycles. The van der Waals surface area contributed by atoms with Crippen molar-refractivity contribution in [2.45, 2.75) is 6.92 Å². The molecule has 0 aromatic heterocycles. The minimum absolute atomic E-state index is 0.0926. The van der Waals surface area contributed by atoms with Crippen LogP contribution in [0.4, 0.5) is 5.69 Å². The molecule has 0 bridgehead atoms. The van der Waals surface area contributed by atoms with Crippen molar-refractivity contribution in [2.24, 2.45) is 0 Å². The maximum absolute atomic E-state index is 12.4.